The molecule has 0 atom stereocenters. The molecule has 0 unspecified atom stereocenters. The number of pyridine rings is 1. The predicted molar refractivity (Wildman–Crippen MR) is 123 cm³/mol. The van der Waals surface area contributed by atoms with Crippen molar-refractivity contribution in [3.63, 3.8) is 0 Å². The van der Waals surface area contributed by atoms with Gasteiger partial charge >= 0.3 is 5.69 Å². The van der Waals surface area contributed by atoms with Crippen molar-refractivity contribution >= 4 is 17.2 Å². The molecule has 0 saturated carbocycles. The number of carbonyl (C=O) groups excluding carboxylic acids is 1. The zero-order valence-corrected chi connectivity index (χ0v) is 18.0. The standard InChI is InChI=1S/C24H20N6O3/c1-15-8-6-12-19(16(15)2)25-20(31)14-30-24(32)29-13-7-11-18(22(29)27-30)23-26-21(28-33-23)17-9-4-3-5-10-17/h3-13H,14H2,1-2H3,(H,25,31). The minimum atomic E-state index is -0.439. The highest BCUT2D eigenvalue weighted by molar-refractivity contribution is 5.91. The van der Waals surface area contributed by atoms with Crippen LogP contribution in [0.25, 0.3) is 28.5 Å². The van der Waals surface area contributed by atoms with Gasteiger partial charge in [0.05, 0.1) is 5.56 Å². The fraction of sp³-hybridized carbons (Fsp3) is 0.125. The molecule has 0 aliphatic carbocycles. The first kappa shape index (κ1) is 20.4. The Morgan fingerprint density at radius 3 is 2.67 bits per heavy atom. The number of benzene rings is 2. The Morgan fingerprint density at radius 1 is 1.03 bits per heavy atom. The van der Waals surface area contributed by atoms with Crippen molar-refractivity contribution in [1.29, 1.82) is 0 Å². The average Bonchev–Trinajstić information content (AvgIpc) is 3.43. The van der Waals surface area contributed by atoms with Gasteiger partial charge in [-0.25, -0.2) is 13.9 Å². The first-order valence-corrected chi connectivity index (χ1v) is 10.3. The molecule has 9 nitrogen and oxygen atoms in total. The third kappa shape index (κ3) is 3.80. The lowest BCUT2D eigenvalue weighted by Gasteiger charge is -2.09. The molecule has 3 aromatic heterocycles. The summed E-state index contributed by atoms with van der Waals surface area (Å²) in [5, 5.41) is 11.3. The number of nitrogens with zero attached hydrogens (tertiary/aromatic N) is 5. The summed E-state index contributed by atoms with van der Waals surface area (Å²) in [5.74, 6) is 0.318. The molecule has 0 saturated heterocycles. The summed E-state index contributed by atoms with van der Waals surface area (Å²) in [7, 11) is 0. The highest BCUT2D eigenvalue weighted by Gasteiger charge is 2.18. The molecule has 33 heavy (non-hydrogen) atoms. The van der Waals surface area contributed by atoms with Gasteiger partial charge in [-0.15, -0.1) is 5.10 Å². The Morgan fingerprint density at radius 2 is 1.85 bits per heavy atom. The summed E-state index contributed by atoms with van der Waals surface area (Å²) >= 11 is 0. The average molecular weight is 440 g/mol. The minimum absolute atomic E-state index is 0.230. The maximum Gasteiger partial charge on any atom is 0.350 e. The Labute approximate surface area is 188 Å². The molecular weight excluding hydrogens is 420 g/mol. The monoisotopic (exact) mass is 440 g/mol. The van der Waals surface area contributed by atoms with Gasteiger partial charge in [-0.2, -0.15) is 4.98 Å². The fourth-order valence-electron chi connectivity index (χ4n) is 3.56. The van der Waals surface area contributed by atoms with Gasteiger partial charge in [0.1, 0.15) is 6.54 Å². The summed E-state index contributed by atoms with van der Waals surface area (Å²) in [6, 6.07) is 18.5. The molecule has 0 fully saturated rings. The highest BCUT2D eigenvalue weighted by atomic mass is 16.5. The second kappa shape index (κ2) is 8.19. The number of nitrogens with one attached hydrogen (secondary N) is 1. The zero-order chi connectivity index (χ0) is 22.9. The van der Waals surface area contributed by atoms with Crippen molar-refractivity contribution < 1.29 is 9.32 Å². The molecule has 3 heterocycles. The van der Waals surface area contributed by atoms with Crippen LogP contribution in [0.5, 0.6) is 0 Å². The van der Waals surface area contributed by atoms with Crippen LogP contribution in [0, 0.1) is 13.8 Å². The number of hydrogen-bond donors (Lipinski definition) is 1. The number of amides is 1. The van der Waals surface area contributed by atoms with Gasteiger partial charge in [0.25, 0.3) is 5.89 Å². The van der Waals surface area contributed by atoms with Crippen LogP contribution < -0.4 is 11.0 Å². The normalized spacial score (nSPS) is 11.1. The van der Waals surface area contributed by atoms with Crippen molar-refractivity contribution in [2.75, 3.05) is 5.32 Å². The van der Waals surface area contributed by atoms with Crippen molar-refractivity contribution in [1.82, 2.24) is 24.3 Å². The van der Waals surface area contributed by atoms with E-state index in [9.17, 15) is 9.59 Å². The quantitative estimate of drug-likeness (QED) is 0.448. The molecule has 0 spiro atoms. The van der Waals surface area contributed by atoms with Gasteiger partial charge in [-0.05, 0) is 43.2 Å². The summed E-state index contributed by atoms with van der Waals surface area (Å²) in [5.41, 5.74) is 3.94. The maximum absolute atomic E-state index is 12.9. The number of anilines is 1. The molecule has 9 heteroatoms. The van der Waals surface area contributed by atoms with E-state index in [4.69, 9.17) is 4.52 Å². The molecule has 0 aliphatic rings. The van der Waals surface area contributed by atoms with Gasteiger partial charge in [0, 0.05) is 17.4 Å². The number of aryl methyl sites for hydroxylation is 1. The van der Waals surface area contributed by atoms with E-state index in [1.54, 1.807) is 18.3 Å². The van der Waals surface area contributed by atoms with Crippen LogP contribution in [-0.4, -0.2) is 30.2 Å². The fourth-order valence-corrected chi connectivity index (χ4v) is 3.56. The Kier molecular flexibility index (Phi) is 5.06. The van der Waals surface area contributed by atoms with Gasteiger partial charge in [-0.3, -0.25) is 4.79 Å². The van der Waals surface area contributed by atoms with Crippen molar-refractivity contribution in [2.45, 2.75) is 20.4 Å². The SMILES string of the molecule is Cc1cccc(NC(=O)Cn2nc3c(-c4nc(-c5ccccc5)no4)cccn3c2=O)c1C. The van der Waals surface area contributed by atoms with Crippen molar-refractivity contribution in [3.05, 3.63) is 88.5 Å². The summed E-state index contributed by atoms with van der Waals surface area (Å²) < 4.78 is 7.91. The first-order chi connectivity index (χ1) is 16.0. The lowest BCUT2D eigenvalue weighted by atomic mass is 10.1. The number of aromatic nitrogens is 5. The molecule has 0 bridgehead atoms. The minimum Gasteiger partial charge on any atom is -0.333 e. The third-order valence-electron chi connectivity index (χ3n) is 5.47. The molecule has 0 aliphatic heterocycles. The number of hydrogen-bond acceptors (Lipinski definition) is 6. The van der Waals surface area contributed by atoms with E-state index >= 15 is 0 Å². The lowest BCUT2D eigenvalue weighted by molar-refractivity contribution is -0.117. The van der Waals surface area contributed by atoms with Gasteiger partial charge in [0.15, 0.2) is 5.65 Å². The van der Waals surface area contributed by atoms with Crippen LogP contribution in [0.4, 0.5) is 5.69 Å². The smallest absolute Gasteiger partial charge is 0.333 e. The number of carbonyl (C=O) groups is 1. The third-order valence-corrected chi connectivity index (χ3v) is 5.47. The summed E-state index contributed by atoms with van der Waals surface area (Å²) in [4.78, 5) is 29.9. The van der Waals surface area contributed by atoms with Gasteiger partial charge in [-0.1, -0.05) is 47.6 Å². The zero-order valence-electron chi connectivity index (χ0n) is 18.0. The van der Waals surface area contributed by atoms with Crippen molar-refractivity contribution in [2.24, 2.45) is 0 Å². The molecular formula is C24H20N6O3. The van der Waals surface area contributed by atoms with E-state index in [0.717, 1.165) is 21.4 Å². The Bertz CT molecular complexity index is 1530. The Hall–Kier alpha value is -4.53. The maximum atomic E-state index is 12.9. The lowest BCUT2D eigenvalue weighted by Crippen LogP contribution is -2.28. The highest BCUT2D eigenvalue weighted by Crippen LogP contribution is 2.24. The Balaban J connectivity index is 1.46. The summed E-state index contributed by atoms with van der Waals surface area (Å²) in [6.07, 6.45) is 1.59. The first-order valence-electron chi connectivity index (χ1n) is 10.3. The van der Waals surface area contributed by atoms with Crippen molar-refractivity contribution in [3.8, 4) is 22.8 Å². The van der Waals surface area contributed by atoms with E-state index in [1.165, 1.54) is 4.40 Å². The number of rotatable bonds is 5. The summed E-state index contributed by atoms with van der Waals surface area (Å²) in [6.45, 7) is 3.68. The van der Waals surface area contributed by atoms with E-state index in [0.29, 0.717) is 22.7 Å². The van der Waals surface area contributed by atoms with Gasteiger partial charge in [0.2, 0.25) is 11.7 Å². The van der Waals surface area contributed by atoms with E-state index in [2.05, 4.69) is 20.6 Å². The molecule has 0 radical (unpaired) electrons. The molecule has 5 aromatic rings. The molecule has 1 N–H and O–H groups in total. The number of fused-ring (bicyclic) bond motifs is 1. The van der Waals surface area contributed by atoms with Crippen LogP contribution in [0.3, 0.4) is 0 Å². The molecule has 2 aromatic carbocycles. The van der Waals surface area contributed by atoms with Crippen LogP contribution in [0.15, 0.2) is 76.2 Å². The van der Waals surface area contributed by atoms with Crippen LogP contribution >= 0.6 is 0 Å². The molecule has 5 rings (SSSR count). The van der Waals surface area contributed by atoms with Crippen LogP contribution in [-0.2, 0) is 11.3 Å². The van der Waals surface area contributed by atoms with Crippen LogP contribution in [0.1, 0.15) is 11.1 Å². The van der Waals surface area contributed by atoms with E-state index < -0.39 is 5.69 Å². The topological polar surface area (TPSA) is 107 Å². The largest absolute Gasteiger partial charge is 0.350 e. The van der Waals surface area contributed by atoms with Gasteiger partial charge < -0.3 is 9.84 Å². The second-order valence-electron chi connectivity index (χ2n) is 7.64. The van der Waals surface area contributed by atoms with Crippen LogP contribution in [0.2, 0.25) is 0 Å². The molecule has 1 amide bonds. The molecule has 164 valence electrons. The van der Waals surface area contributed by atoms with E-state index in [-0.39, 0.29) is 18.3 Å². The second-order valence-corrected chi connectivity index (χ2v) is 7.64. The van der Waals surface area contributed by atoms with E-state index in [1.807, 2.05) is 62.4 Å². The predicted octanol–water partition coefficient (Wildman–Crippen LogP) is 3.47.